The first kappa shape index (κ1) is 38.6. The monoisotopic (exact) mass is 884 g/mol. The average molecular weight is 885 g/mol. The van der Waals surface area contributed by atoms with Crippen LogP contribution in [0.4, 0.5) is 17.1 Å². The van der Waals surface area contributed by atoms with Gasteiger partial charge in [0.2, 0.25) is 0 Å². The molecule has 0 aliphatic carbocycles. The van der Waals surface area contributed by atoms with Crippen LogP contribution in [0.5, 0.6) is 0 Å². The highest BCUT2D eigenvalue weighted by Gasteiger charge is 2.23. The van der Waals surface area contributed by atoms with E-state index in [0.29, 0.717) is 0 Å². The number of fused-ring (bicyclic) bond motifs is 10. The van der Waals surface area contributed by atoms with Crippen LogP contribution in [0.1, 0.15) is 0 Å². The molecular formula is C64H40N2OS. The van der Waals surface area contributed by atoms with E-state index in [1.54, 1.807) is 0 Å². The molecule has 11 aromatic carbocycles. The van der Waals surface area contributed by atoms with Crippen LogP contribution in [0, 0.1) is 0 Å². The van der Waals surface area contributed by atoms with E-state index in [0.717, 1.165) is 61.4 Å². The normalized spacial score (nSPS) is 11.8. The molecule has 4 heteroatoms. The smallest absolute Gasteiger partial charge is 0.136 e. The molecular weight excluding hydrogens is 845 g/mol. The van der Waals surface area contributed by atoms with Crippen molar-refractivity contribution in [3.63, 3.8) is 0 Å². The van der Waals surface area contributed by atoms with Gasteiger partial charge in [-0.1, -0.05) is 158 Å². The summed E-state index contributed by atoms with van der Waals surface area (Å²) in [5.41, 5.74) is 15.4. The van der Waals surface area contributed by atoms with Gasteiger partial charge in [-0.05, 0) is 124 Å². The molecule has 0 saturated carbocycles. The Kier molecular flexibility index (Phi) is 8.76. The zero-order valence-corrected chi connectivity index (χ0v) is 37.6. The molecule has 0 amide bonds. The molecule has 3 aromatic heterocycles. The third-order valence-corrected chi connectivity index (χ3v) is 14.9. The highest BCUT2D eigenvalue weighted by molar-refractivity contribution is 7.25. The van der Waals surface area contributed by atoms with Gasteiger partial charge >= 0.3 is 0 Å². The van der Waals surface area contributed by atoms with Crippen molar-refractivity contribution < 1.29 is 4.42 Å². The molecule has 14 aromatic rings. The van der Waals surface area contributed by atoms with E-state index in [-0.39, 0.29) is 0 Å². The molecule has 0 aliphatic heterocycles. The minimum Gasteiger partial charge on any atom is -0.456 e. The topological polar surface area (TPSA) is 21.3 Å². The third kappa shape index (κ3) is 6.19. The lowest BCUT2D eigenvalue weighted by Gasteiger charge is -2.30. The quantitative estimate of drug-likeness (QED) is 0.159. The highest BCUT2D eigenvalue weighted by atomic mass is 32.1. The Morgan fingerprint density at radius 2 is 0.985 bits per heavy atom. The lowest BCUT2D eigenvalue weighted by molar-refractivity contribution is 0.669. The van der Waals surface area contributed by atoms with Crippen LogP contribution in [0.15, 0.2) is 247 Å². The van der Waals surface area contributed by atoms with Crippen molar-refractivity contribution in [1.29, 1.82) is 0 Å². The fourth-order valence-electron chi connectivity index (χ4n) is 10.6. The molecule has 0 atom stereocenters. The lowest BCUT2D eigenvalue weighted by Crippen LogP contribution is -2.12. The van der Waals surface area contributed by atoms with E-state index < -0.39 is 0 Å². The second kappa shape index (κ2) is 15.5. The molecule has 0 saturated heterocycles. The zero-order valence-electron chi connectivity index (χ0n) is 36.8. The second-order valence-corrected chi connectivity index (χ2v) is 18.7. The van der Waals surface area contributed by atoms with Crippen molar-refractivity contribution in [1.82, 2.24) is 4.57 Å². The molecule has 3 heterocycles. The number of para-hydroxylation sites is 3. The Morgan fingerprint density at radius 3 is 1.82 bits per heavy atom. The van der Waals surface area contributed by atoms with E-state index in [1.165, 1.54) is 69.4 Å². The van der Waals surface area contributed by atoms with Crippen molar-refractivity contribution >= 4 is 103 Å². The van der Waals surface area contributed by atoms with Crippen LogP contribution < -0.4 is 4.90 Å². The first-order valence-corrected chi connectivity index (χ1v) is 24.0. The maximum absolute atomic E-state index is 6.35. The van der Waals surface area contributed by atoms with Crippen molar-refractivity contribution in [2.24, 2.45) is 0 Å². The molecule has 0 unspecified atom stereocenters. The molecule has 0 N–H and O–H groups in total. The summed E-state index contributed by atoms with van der Waals surface area (Å²) in [6.45, 7) is 0. The number of hydrogen-bond acceptors (Lipinski definition) is 3. The minimum atomic E-state index is 0.891. The van der Waals surface area contributed by atoms with Gasteiger partial charge in [-0.15, -0.1) is 11.3 Å². The van der Waals surface area contributed by atoms with Crippen LogP contribution in [0.2, 0.25) is 0 Å². The van der Waals surface area contributed by atoms with Gasteiger partial charge in [-0.2, -0.15) is 0 Å². The number of aromatic nitrogens is 1. The Hall–Kier alpha value is -8.70. The summed E-state index contributed by atoms with van der Waals surface area (Å²) < 4.78 is 11.3. The van der Waals surface area contributed by atoms with Crippen LogP contribution >= 0.6 is 11.3 Å². The summed E-state index contributed by atoms with van der Waals surface area (Å²) >= 11 is 1.86. The summed E-state index contributed by atoms with van der Waals surface area (Å²) in [6, 6.07) is 88.6. The Morgan fingerprint density at radius 1 is 0.353 bits per heavy atom. The number of thiophene rings is 1. The Bertz CT molecular complexity index is 4230. The number of anilines is 3. The molecule has 0 radical (unpaired) electrons. The second-order valence-electron chi connectivity index (χ2n) is 17.7. The van der Waals surface area contributed by atoms with Gasteiger partial charge in [0.25, 0.3) is 0 Å². The lowest BCUT2D eigenvalue weighted by atomic mass is 9.90. The van der Waals surface area contributed by atoms with Crippen molar-refractivity contribution in [2.75, 3.05) is 4.90 Å². The van der Waals surface area contributed by atoms with Crippen molar-refractivity contribution in [3.8, 4) is 39.1 Å². The van der Waals surface area contributed by atoms with Crippen molar-refractivity contribution in [3.05, 3.63) is 243 Å². The number of hydrogen-bond donors (Lipinski definition) is 0. The number of rotatable bonds is 7. The molecule has 3 nitrogen and oxygen atoms in total. The van der Waals surface area contributed by atoms with E-state index in [4.69, 9.17) is 4.42 Å². The van der Waals surface area contributed by atoms with Crippen molar-refractivity contribution in [2.45, 2.75) is 0 Å². The van der Waals surface area contributed by atoms with Gasteiger partial charge in [0.05, 0.1) is 16.7 Å². The fourth-order valence-corrected chi connectivity index (χ4v) is 11.8. The standard InChI is InChI=1S/C64H40N2OS/c1-2-14-43-37-46(28-27-41(43)13-1)64-50(45-32-36-56-55-20-6-10-26-62(55)68-63(56)39-45)21-12-24-59(64)65(47-33-29-42(30-34-47)44-31-35-54-53-19-5-9-25-60(53)67-61(54)38-44)48-15-11-16-49(40-48)66-57-22-7-3-17-51(57)52-18-4-8-23-58(52)66/h1-40H. The average Bonchev–Trinajstić information content (AvgIpc) is 4.08. The Balaban J connectivity index is 0.997. The van der Waals surface area contributed by atoms with Crippen LogP contribution in [0.25, 0.3) is 114 Å². The van der Waals surface area contributed by atoms with E-state index in [1.807, 2.05) is 23.5 Å². The molecule has 68 heavy (non-hydrogen) atoms. The molecule has 14 rings (SSSR count). The van der Waals surface area contributed by atoms with Gasteiger partial charge in [0.15, 0.2) is 0 Å². The minimum absolute atomic E-state index is 0.891. The SMILES string of the molecule is c1cc(N(c2ccc(-c3ccc4c(c3)oc3ccccc34)cc2)c2cccc(-c3ccc4c(c3)sc3ccccc34)c2-c2ccc3ccccc3c2)cc(-n2c3ccccc3c3ccccc32)c1. The summed E-state index contributed by atoms with van der Waals surface area (Å²) in [6.07, 6.45) is 0. The van der Waals surface area contributed by atoms with E-state index in [9.17, 15) is 0 Å². The number of furan rings is 1. The first-order valence-electron chi connectivity index (χ1n) is 23.1. The van der Waals surface area contributed by atoms with Crippen LogP contribution in [-0.2, 0) is 0 Å². The van der Waals surface area contributed by atoms with Gasteiger partial charge < -0.3 is 13.9 Å². The Labute approximate surface area is 396 Å². The fraction of sp³-hybridized carbons (Fsp3) is 0. The third-order valence-electron chi connectivity index (χ3n) is 13.8. The maximum Gasteiger partial charge on any atom is 0.136 e. The first-order chi connectivity index (χ1) is 33.7. The predicted molar refractivity (Wildman–Crippen MR) is 289 cm³/mol. The molecule has 0 bridgehead atoms. The maximum atomic E-state index is 6.35. The highest BCUT2D eigenvalue weighted by Crippen LogP contribution is 2.48. The van der Waals surface area contributed by atoms with Gasteiger partial charge in [-0.3, -0.25) is 0 Å². The molecule has 318 valence electrons. The van der Waals surface area contributed by atoms with Crippen LogP contribution in [-0.4, -0.2) is 4.57 Å². The van der Waals surface area contributed by atoms with Gasteiger partial charge in [0, 0.05) is 64.3 Å². The largest absolute Gasteiger partial charge is 0.456 e. The van der Waals surface area contributed by atoms with Gasteiger partial charge in [-0.25, -0.2) is 0 Å². The summed E-state index contributed by atoms with van der Waals surface area (Å²) in [5, 5.41) is 9.76. The molecule has 0 aliphatic rings. The van der Waals surface area contributed by atoms with Crippen LogP contribution in [0.3, 0.4) is 0 Å². The summed E-state index contributed by atoms with van der Waals surface area (Å²) in [7, 11) is 0. The zero-order chi connectivity index (χ0) is 44.7. The summed E-state index contributed by atoms with van der Waals surface area (Å²) in [4.78, 5) is 2.45. The van der Waals surface area contributed by atoms with Gasteiger partial charge in [0.1, 0.15) is 11.2 Å². The molecule has 0 fully saturated rings. The predicted octanol–water partition coefficient (Wildman–Crippen LogP) is 18.7. The number of nitrogens with zero attached hydrogens (tertiary/aromatic N) is 2. The summed E-state index contributed by atoms with van der Waals surface area (Å²) in [5.74, 6) is 0. The molecule has 0 spiro atoms. The van der Waals surface area contributed by atoms with E-state index >= 15 is 0 Å². The van der Waals surface area contributed by atoms with E-state index in [2.05, 4.69) is 240 Å². The number of benzene rings is 11.